The summed E-state index contributed by atoms with van der Waals surface area (Å²) in [6.07, 6.45) is 5.54. The van der Waals surface area contributed by atoms with Crippen molar-refractivity contribution in [3.05, 3.63) is 42.2 Å². The summed E-state index contributed by atoms with van der Waals surface area (Å²) in [6, 6.07) is 5.92. The van der Waals surface area contributed by atoms with Gasteiger partial charge in [-0.3, -0.25) is 0 Å². The molecule has 0 aliphatic heterocycles. The highest BCUT2D eigenvalue weighted by Crippen LogP contribution is 2.10. The number of aromatic amines is 1. The molecule has 0 atom stereocenters. The maximum Gasteiger partial charge on any atom is 0.330 e. The number of carbonyl (C=O) groups is 1. The van der Waals surface area contributed by atoms with Crippen LogP contribution in [0.2, 0.25) is 0 Å². The molecule has 0 saturated heterocycles. The van der Waals surface area contributed by atoms with E-state index in [1.165, 1.54) is 6.08 Å². The standard InChI is InChI=1S/C13H14N2O2/c1-2-3-12(16)17-9-7-11-5-4-10-6-8-14-13(10)15-11/h2-6,8H,7,9H2,1H3,(H,14,15). The summed E-state index contributed by atoms with van der Waals surface area (Å²) >= 11 is 0. The zero-order valence-corrected chi connectivity index (χ0v) is 9.64. The van der Waals surface area contributed by atoms with Crippen LogP contribution in [0.4, 0.5) is 0 Å². The molecule has 0 fully saturated rings. The van der Waals surface area contributed by atoms with E-state index in [0.29, 0.717) is 13.0 Å². The molecule has 0 aromatic carbocycles. The normalized spacial score (nSPS) is 11.1. The van der Waals surface area contributed by atoms with Gasteiger partial charge in [-0.25, -0.2) is 9.78 Å². The van der Waals surface area contributed by atoms with Gasteiger partial charge in [0.05, 0.1) is 6.61 Å². The van der Waals surface area contributed by atoms with Gasteiger partial charge in [-0.15, -0.1) is 0 Å². The molecule has 2 aromatic heterocycles. The van der Waals surface area contributed by atoms with Gasteiger partial charge in [-0.05, 0) is 25.1 Å². The van der Waals surface area contributed by atoms with Crippen molar-refractivity contribution in [2.75, 3.05) is 6.61 Å². The Bertz CT molecular complexity index is 543. The van der Waals surface area contributed by atoms with Crippen molar-refractivity contribution in [3.63, 3.8) is 0 Å². The van der Waals surface area contributed by atoms with Crippen molar-refractivity contribution in [1.29, 1.82) is 0 Å². The quantitative estimate of drug-likeness (QED) is 0.647. The monoisotopic (exact) mass is 230 g/mol. The molecule has 1 N–H and O–H groups in total. The van der Waals surface area contributed by atoms with Crippen molar-refractivity contribution in [2.45, 2.75) is 13.3 Å². The van der Waals surface area contributed by atoms with E-state index in [0.717, 1.165) is 16.7 Å². The average molecular weight is 230 g/mol. The van der Waals surface area contributed by atoms with Gasteiger partial charge in [-0.2, -0.15) is 0 Å². The lowest BCUT2D eigenvalue weighted by molar-refractivity contribution is -0.137. The van der Waals surface area contributed by atoms with Gasteiger partial charge in [-0.1, -0.05) is 6.08 Å². The lowest BCUT2D eigenvalue weighted by Gasteiger charge is -2.02. The summed E-state index contributed by atoms with van der Waals surface area (Å²) in [4.78, 5) is 18.5. The van der Waals surface area contributed by atoms with E-state index in [2.05, 4.69) is 9.97 Å². The second-order valence-corrected chi connectivity index (χ2v) is 3.64. The largest absolute Gasteiger partial charge is 0.462 e. The number of nitrogens with one attached hydrogen (secondary N) is 1. The summed E-state index contributed by atoms with van der Waals surface area (Å²) in [5.74, 6) is -0.312. The van der Waals surface area contributed by atoms with Gasteiger partial charge in [0.1, 0.15) is 5.65 Å². The Morgan fingerprint density at radius 2 is 2.35 bits per heavy atom. The van der Waals surface area contributed by atoms with Crippen LogP contribution in [0.1, 0.15) is 12.6 Å². The fourth-order valence-electron chi connectivity index (χ4n) is 1.55. The van der Waals surface area contributed by atoms with Crippen LogP contribution in [0.25, 0.3) is 11.0 Å². The van der Waals surface area contributed by atoms with Gasteiger partial charge in [0.15, 0.2) is 0 Å². The molecular formula is C13H14N2O2. The molecular weight excluding hydrogens is 216 g/mol. The highest BCUT2D eigenvalue weighted by atomic mass is 16.5. The summed E-state index contributed by atoms with van der Waals surface area (Å²) in [7, 11) is 0. The predicted molar refractivity (Wildman–Crippen MR) is 65.6 cm³/mol. The molecule has 2 heterocycles. The number of allylic oxidation sites excluding steroid dienone is 1. The number of H-pyrrole nitrogens is 1. The number of pyridine rings is 1. The number of rotatable bonds is 4. The zero-order valence-electron chi connectivity index (χ0n) is 9.64. The molecule has 4 nitrogen and oxygen atoms in total. The Hall–Kier alpha value is -2.10. The number of carbonyl (C=O) groups excluding carboxylic acids is 1. The Kier molecular flexibility index (Phi) is 3.55. The summed E-state index contributed by atoms with van der Waals surface area (Å²) in [6.45, 7) is 2.13. The van der Waals surface area contributed by atoms with E-state index in [1.54, 1.807) is 13.0 Å². The van der Waals surface area contributed by atoms with E-state index in [1.807, 2.05) is 24.4 Å². The van der Waals surface area contributed by atoms with Crippen LogP contribution in [-0.4, -0.2) is 22.5 Å². The number of nitrogens with zero attached hydrogens (tertiary/aromatic N) is 1. The third-order valence-electron chi connectivity index (χ3n) is 2.37. The maximum absolute atomic E-state index is 11.1. The summed E-state index contributed by atoms with van der Waals surface area (Å²) in [5, 5.41) is 1.08. The Labute approximate surface area is 99.3 Å². The highest BCUT2D eigenvalue weighted by molar-refractivity contribution is 5.81. The van der Waals surface area contributed by atoms with Gasteiger partial charge in [0.25, 0.3) is 0 Å². The molecule has 0 amide bonds. The second-order valence-electron chi connectivity index (χ2n) is 3.64. The van der Waals surface area contributed by atoms with E-state index in [4.69, 9.17) is 4.74 Å². The number of hydrogen-bond acceptors (Lipinski definition) is 3. The molecule has 2 rings (SSSR count). The fraction of sp³-hybridized carbons (Fsp3) is 0.231. The minimum absolute atomic E-state index is 0.312. The van der Waals surface area contributed by atoms with Gasteiger partial charge in [0.2, 0.25) is 0 Å². The maximum atomic E-state index is 11.1. The number of ether oxygens (including phenoxy) is 1. The Morgan fingerprint density at radius 3 is 3.18 bits per heavy atom. The molecule has 0 unspecified atom stereocenters. The topological polar surface area (TPSA) is 55.0 Å². The fourth-order valence-corrected chi connectivity index (χ4v) is 1.55. The predicted octanol–water partition coefficient (Wildman–Crippen LogP) is 2.22. The molecule has 0 radical (unpaired) electrons. The van der Waals surface area contributed by atoms with Crippen molar-refractivity contribution < 1.29 is 9.53 Å². The second kappa shape index (κ2) is 5.30. The lowest BCUT2D eigenvalue weighted by Crippen LogP contribution is -2.05. The minimum Gasteiger partial charge on any atom is -0.462 e. The average Bonchev–Trinajstić information content (AvgIpc) is 2.76. The zero-order chi connectivity index (χ0) is 12.1. The van der Waals surface area contributed by atoms with Crippen LogP contribution < -0.4 is 0 Å². The van der Waals surface area contributed by atoms with Crippen LogP contribution in [0, 0.1) is 0 Å². The summed E-state index contributed by atoms with van der Waals surface area (Å²) < 4.78 is 5.00. The minimum atomic E-state index is -0.312. The number of hydrogen-bond donors (Lipinski definition) is 1. The first kappa shape index (κ1) is 11.4. The molecule has 0 aliphatic carbocycles. The smallest absolute Gasteiger partial charge is 0.330 e. The molecule has 4 heteroatoms. The van der Waals surface area contributed by atoms with Crippen molar-refractivity contribution in [1.82, 2.24) is 9.97 Å². The molecule has 2 aromatic rings. The van der Waals surface area contributed by atoms with Crippen LogP contribution in [0.15, 0.2) is 36.5 Å². The number of aromatic nitrogens is 2. The number of fused-ring (bicyclic) bond motifs is 1. The van der Waals surface area contributed by atoms with Gasteiger partial charge >= 0.3 is 5.97 Å². The van der Waals surface area contributed by atoms with Crippen molar-refractivity contribution in [2.24, 2.45) is 0 Å². The molecule has 88 valence electrons. The Morgan fingerprint density at radius 1 is 1.47 bits per heavy atom. The molecule has 0 aliphatic rings. The molecule has 17 heavy (non-hydrogen) atoms. The lowest BCUT2D eigenvalue weighted by atomic mass is 10.2. The first-order valence-electron chi connectivity index (χ1n) is 5.52. The SMILES string of the molecule is CC=CC(=O)OCCc1ccc2cc[nH]c2n1. The van der Waals surface area contributed by atoms with E-state index >= 15 is 0 Å². The van der Waals surface area contributed by atoms with Crippen molar-refractivity contribution >= 4 is 17.0 Å². The number of esters is 1. The van der Waals surface area contributed by atoms with E-state index in [9.17, 15) is 4.79 Å². The Balaban J connectivity index is 1.92. The highest BCUT2D eigenvalue weighted by Gasteiger charge is 2.01. The van der Waals surface area contributed by atoms with Gasteiger partial charge < -0.3 is 9.72 Å². The van der Waals surface area contributed by atoms with E-state index < -0.39 is 0 Å². The van der Waals surface area contributed by atoms with Crippen LogP contribution in [0.5, 0.6) is 0 Å². The first-order chi connectivity index (χ1) is 8.29. The van der Waals surface area contributed by atoms with E-state index in [-0.39, 0.29) is 5.97 Å². The summed E-state index contributed by atoms with van der Waals surface area (Å²) in [5.41, 5.74) is 1.77. The first-order valence-corrected chi connectivity index (χ1v) is 5.52. The molecule has 0 bridgehead atoms. The molecule has 0 spiro atoms. The van der Waals surface area contributed by atoms with Crippen LogP contribution >= 0.6 is 0 Å². The van der Waals surface area contributed by atoms with Gasteiger partial charge in [0, 0.05) is 29.8 Å². The van der Waals surface area contributed by atoms with Crippen LogP contribution in [-0.2, 0) is 16.0 Å². The van der Waals surface area contributed by atoms with Crippen LogP contribution in [0.3, 0.4) is 0 Å². The molecule has 0 saturated carbocycles. The third-order valence-corrected chi connectivity index (χ3v) is 2.37. The van der Waals surface area contributed by atoms with Crippen molar-refractivity contribution in [3.8, 4) is 0 Å². The third kappa shape index (κ3) is 2.93.